The predicted molar refractivity (Wildman–Crippen MR) is 68.2 cm³/mol. The molecule has 1 aliphatic heterocycles. The van der Waals surface area contributed by atoms with E-state index in [0.717, 1.165) is 18.8 Å². The zero-order chi connectivity index (χ0) is 12.3. The lowest BCUT2D eigenvalue weighted by atomic mass is 9.78. The van der Waals surface area contributed by atoms with Crippen LogP contribution in [0.4, 0.5) is 0 Å². The molecule has 1 fully saturated rings. The van der Waals surface area contributed by atoms with E-state index in [0.29, 0.717) is 23.8 Å². The summed E-state index contributed by atoms with van der Waals surface area (Å²) < 4.78 is 0. The summed E-state index contributed by atoms with van der Waals surface area (Å²) in [5, 5.41) is 0. The smallest absolute Gasteiger partial charge is 0.222 e. The average Bonchev–Trinajstić information content (AvgIpc) is 2.38. The summed E-state index contributed by atoms with van der Waals surface area (Å²) in [6.45, 7) is 9.09. The fraction of sp³-hybridized carbons (Fsp3) is 0.929. The summed E-state index contributed by atoms with van der Waals surface area (Å²) in [7, 11) is 1.99. The molecule has 94 valence electrons. The second-order valence-corrected chi connectivity index (χ2v) is 5.68. The molecule has 3 unspecified atom stereocenters. The van der Waals surface area contributed by atoms with Crippen molar-refractivity contribution < 1.29 is 4.79 Å². The highest BCUT2D eigenvalue weighted by Crippen LogP contribution is 2.34. The number of carbonyl (C=O) groups is 1. The van der Waals surface area contributed by atoms with E-state index >= 15 is 0 Å². The lowest BCUT2D eigenvalue weighted by Crippen LogP contribution is -2.45. The molecule has 2 nitrogen and oxygen atoms in total. The van der Waals surface area contributed by atoms with Gasteiger partial charge in [-0.3, -0.25) is 4.79 Å². The number of carbonyl (C=O) groups excluding carboxylic acids is 1. The second kappa shape index (κ2) is 5.70. The van der Waals surface area contributed by atoms with Gasteiger partial charge in [0.15, 0.2) is 0 Å². The second-order valence-electron chi connectivity index (χ2n) is 5.68. The van der Waals surface area contributed by atoms with Crippen LogP contribution in [0.2, 0.25) is 0 Å². The standard InChI is InChI=1S/C14H27NO/c1-6-11(4)12-8-7-9-13(16)15(5)14(12)10(2)3/h10-12,14H,6-9H2,1-5H3. The lowest BCUT2D eigenvalue weighted by molar-refractivity contribution is -0.133. The van der Waals surface area contributed by atoms with E-state index in [9.17, 15) is 4.79 Å². The Kier molecular flexibility index (Phi) is 4.82. The van der Waals surface area contributed by atoms with Gasteiger partial charge in [0.05, 0.1) is 0 Å². The van der Waals surface area contributed by atoms with Gasteiger partial charge in [-0.25, -0.2) is 0 Å². The van der Waals surface area contributed by atoms with Crippen LogP contribution in [0, 0.1) is 17.8 Å². The Labute approximate surface area is 100 Å². The maximum absolute atomic E-state index is 11.9. The van der Waals surface area contributed by atoms with Crippen molar-refractivity contribution in [3.63, 3.8) is 0 Å². The molecule has 0 spiro atoms. The van der Waals surface area contributed by atoms with E-state index in [1.54, 1.807) is 0 Å². The lowest BCUT2D eigenvalue weighted by Gasteiger charge is -2.38. The van der Waals surface area contributed by atoms with Crippen molar-refractivity contribution in [1.82, 2.24) is 4.90 Å². The number of amides is 1. The highest BCUT2D eigenvalue weighted by atomic mass is 16.2. The molecule has 1 aliphatic rings. The number of nitrogens with zero attached hydrogens (tertiary/aromatic N) is 1. The Balaban J connectivity index is 2.90. The molecular formula is C14H27NO. The third kappa shape index (κ3) is 2.78. The van der Waals surface area contributed by atoms with E-state index in [-0.39, 0.29) is 0 Å². The van der Waals surface area contributed by atoms with Gasteiger partial charge in [-0.1, -0.05) is 34.1 Å². The van der Waals surface area contributed by atoms with Crippen LogP contribution < -0.4 is 0 Å². The summed E-state index contributed by atoms with van der Waals surface area (Å²) in [6, 6.07) is 0.435. The van der Waals surface area contributed by atoms with Crippen LogP contribution in [-0.4, -0.2) is 23.9 Å². The van der Waals surface area contributed by atoms with Crippen LogP contribution in [0.1, 0.15) is 53.4 Å². The fourth-order valence-electron chi connectivity index (χ4n) is 3.16. The molecule has 0 aromatic heterocycles. The molecule has 0 saturated carbocycles. The molecule has 16 heavy (non-hydrogen) atoms. The first-order valence-electron chi connectivity index (χ1n) is 6.74. The summed E-state index contributed by atoms with van der Waals surface area (Å²) in [6.07, 6.45) is 4.25. The maximum Gasteiger partial charge on any atom is 0.222 e. The molecule has 1 rings (SSSR count). The van der Waals surface area contributed by atoms with Crippen LogP contribution >= 0.6 is 0 Å². The molecular weight excluding hydrogens is 198 g/mol. The molecule has 0 aromatic carbocycles. The Morgan fingerprint density at radius 2 is 2.00 bits per heavy atom. The van der Waals surface area contributed by atoms with Crippen LogP contribution in [0.3, 0.4) is 0 Å². The first kappa shape index (κ1) is 13.5. The molecule has 0 N–H and O–H groups in total. The van der Waals surface area contributed by atoms with Crippen molar-refractivity contribution >= 4 is 5.91 Å². The Bertz CT molecular complexity index is 237. The average molecular weight is 225 g/mol. The first-order valence-corrected chi connectivity index (χ1v) is 6.74. The summed E-state index contributed by atoms with van der Waals surface area (Å²) in [5.74, 6) is 2.30. The topological polar surface area (TPSA) is 20.3 Å². The highest BCUT2D eigenvalue weighted by molar-refractivity contribution is 5.76. The van der Waals surface area contributed by atoms with Gasteiger partial charge in [-0.15, -0.1) is 0 Å². The zero-order valence-corrected chi connectivity index (χ0v) is 11.5. The largest absolute Gasteiger partial charge is 0.342 e. The van der Waals surface area contributed by atoms with Crippen LogP contribution in [0.15, 0.2) is 0 Å². The first-order chi connectivity index (χ1) is 7.49. The minimum atomic E-state index is 0.338. The van der Waals surface area contributed by atoms with Crippen molar-refractivity contribution in [3.05, 3.63) is 0 Å². The molecule has 0 aromatic rings. The summed E-state index contributed by atoms with van der Waals surface area (Å²) >= 11 is 0. The molecule has 1 heterocycles. The van der Waals surface area contributed by atoms with Crippen molar-refractivity contribution in [2.45, 2.75) is 59.4 Å². The van der Waals surface area contributed by atoms with Gasteiger partial charge >= 0.3 is 0 Å². The van der Waals surface area contributed by atoms with E-state index in [1.165, 1.54) is 12.8 Å². The molecule has 0 radical (unpaired) electrons. The minimum absolute atomic E-state index is 0.338. The van der Waals surface area contributed by atoms with Gasteiger partial charge in [-0.2, -0.15) is 0 Å². The van der Waals surface area contributed by atoms with Crippen molar-refractivity contribution in [2.24, 2.45) is 17.8 Å². The monoisotopic (exact) mass is 225 g/mol. The van der Waals surface area contributed by atoms with E-state index in [4.69, 9.17) is 0 Å². The number of rotatable bonds is 3. The minimum Gasteiger partial charge on any atom is -0.342 e. The van der Waals surface area contributed by atoms with Crippen molar-refractivity contribution in [1.29, 1.82) is 0 Å². The SMILES string of the molecule is CCC(C)C1CCCC(=O)N(C)C1C(C)C. The molecule has 2 heteroatoms. The van der Waals surface area contributed by atoms with Gasteiger partial charge in [-0.05, 0) is 30.6 Å². The van der Waals surface area contributed by atoms with E-state index < -0.39 is 0 Å². The van der Waals surface area contributed by atoms with Crippen molar-refractivity contribution in [3.8, 4) is 0 Å². The Morgan fingerprint density at radius 3 is 2.50 bits per heavy atom. The van der Waals surface area contributed by atoms with Crippen molar-refractivity contribution in [2.75, 3.05) is 7.05 Å². The Hall–Kier alpha value is -0.530. The molecule has 3 atom stereocenters. The molecule has 1 amide bonds. The van der Waals surface area contributed by atoms with Crippen LogP contribution in [0.25, 0.3) is 0 Å². The third-order valence-corrected chi connectivity index (χ3v) is 4.27. The molecule has 1 saturated heterocycles. The van der Waals surface area contributed by atoms with Gasteiger partial charge in [0, 0.05) is 19.5 Å². The van der Waals surface area contributed by atoms with Gasteiger partial charge in [0.2, 0.25) is 5.91 Å². The van der Waals surface area contributed by atoms with E-state index in [2.05, 4.69) is 27.7 Å². The fourth-order valence-corrected chi connectivity index (χ4v) is 3.16. The van der Waals surface area contributed by atoms with Crippen LogP contribution in [0.5, 0.6) is 0 Å². The summed E-state index contributed by atoms with van der Waals surface area (Å²) in [4.78, 5) is 13.9. The predicted octanol–water partition coefficient (Wildman–Crippen LogP) is 3.32. The van der Waals surface area contributed by atoms with Gasteiger partial charge < -0.3 is 4.90 Å². The number of hydrogen-bond acceptors (Lipinski definition) is 1. The molecule has 0 bridgehead atoms. The highest BCUT2D eigenvalue weighted by Gasteiger charge is 2.35. The maximum atomic E-state index is 11.9. The third-order valence-electron chi connectivity index (χ3n) is 4.27. The zero-order valence-electron chi connectivity index (χ0n) is 11.5. The van der Waals surface area contributed by atoms with E-state index in [1.807, 2.05) is 11.9 Å². The normalized spacial score (nSPS) is 29.4. The Morgan fingerprint density at radius 1 is 1.38 bits per heavy atom. The number of likely N-dealkylation sites (tertiary alicyclic amines) is 1. The quantitative estimate of drug-likeness (QED) is 0.721. The molecule has 0 aliphatic carbocycles. The van der Waals surface area contributed by atoms with Crippen LogP contribution in [-0.2, 0) is 4.79 Å². The van der Waals surface area contributed by atoms with Gasteiger partial charge in [0.1, 0.15) is 0 Å². The van der Waals surface area contributed by atoms with Gasteiger partial charge in [0.25, 0.3) is 0 Å². The summed E-state index contributed by atoms with van der Waals surface area (Å²) in [5.41, 5.74) is 0. The number of hydrogen-bond donors (Lipinski definition) is 0.